The second kappa shape index (κ2) is 9.27. The minimum absolute atomic E-state index is 0.277. The van der Waals surface area contributed by atoms with Crippen LogP contribution in [0.3, 0.4) is 0 Å². The number of ether oxygens (including phenoxy) is 2. The molecule has 2 heterocycles. The van der Waals surface area contributed by atoms with E-state index in [9.17, 15) is 9.59 Å². The van der Waals surface area contributed by atoms with E-state index >= 15 is 0 Å². The van der Waals surface area contributed by atoms with E-state index in [0.29, 0.717) is 24.5 Å². The Hall–Kier alpha value is -2.09. The van der Waals surface area contributed by atoms with Crippen LogP contribution in [0.2, 0.25) is 0 Å². The Morgan fingerprint density at radius 1 is 1.46 bits per heavy atom. The van der Waals surface area contributed by atoms with E-state index in [2.05, 4.69) is 15.2 Å². The number of nitrogens with one attached hydrogen (secondary N) is 1. The maximum Gasteiger partial charge on any atom is 0.343 e. The normalized spacial score (nSPS) is 15.2. The van der Waals surface area contributed by atoms with Gasteiger partial charge in [0.2, 0.25) is 0 Å². The summed E-state index contributed by atoms with van der Waals surface area (Å²) in [5.41, 5.74) is 5.99. The van der Waals surface area contributed by atoms with E-state index in [4.69, 9.17) is 10.5 Å². The summed E-state index contributed by atoms with van der Waals surface area (Å²) in [5, 5.41) is 7.49. The molecule has 0 radical (unpaired) electrons. The number of rotatable bonds is 4. The second-order valence-corrected chi connectivity index (χ2v) is 6.42. The summed E-state index contributed by atoms with van der Waals surface area (Å²) < 4.78 is 11.2. The molecule has 8 heteroatoms. The van der Waals surface area contributed by atoms with Crippen LogP contribution in [0, 0.1) is 0 Å². The minimum Gasteiger partial charge on any atom is -0.462 e. The van der Waals surface area contributed by atoms with Gasteiger partial charge in [0.1, 0.15) is 17.0 Å². The van der Waals surface area contributed by atoms with Gasteiger partial charge in [-0.3, -0.25) is 4.79 Å². The number of nitrogens with zero attached hydrogens (tertiary/aromatic N) is 2. The summed E-state index contributed by atoms with van der Waals surface area (Å²) in [5.74, 6) is 0.0144. The van der Waals surface area contributed by atoms with Gasteiger partial charge >= 0.3 is 5.97 Å². The van der Waals surface area contributed by atoms with E-state index in [-0.39, 0.29) is 11.6 Å². The molecule has 1 saturated heterocycles. The first-order valence-electron chi connectivity index (χ1n) is 8.12. The third-order valence-electron chi connectivity index (χ3n) is 3.39. The van der Waals surface area contributed by atoms with E-state index in [0.717, 1.165) is 25.9 Å². The summed E-state index contributed by atoms with van der Waals surface area (Å²) in [7, 11) is 0. The van der Waals surface area contributed by atoms with Crippen molar-refractivity contribution in [3.63, 3.8) is 0 Å². The predicted molar refractivity (Wildman–Crippen MR) is 90.6 cm³/mol. The zero-order chi connectivity index (χ0) is 18.2. The molecule has 0 atom stereocenters. The number of anilines is 1. The number of hydrogen-bond donors (Lipinski definition) is 2. The van der Waals surface area contributed by atoms with Crippen LogP contribution >= 0.6 is 0 Å². The lowest BCUT2D eigenvalue weighted by molar-refractivity contribution is -0.138. The average molecular weight is 340 g/mol. The molecule has 1 aliphatic heterocycles. The summed E-state index contributed by atoms with van der Waals surface area (Å²) in [6.45, 7) is 9.95. The zero-order valence-corrected chi connectivity index (χ0v) is 14.9. The van der Waals surface area contributed by atoms with Crippen LogP contribution < -0.4 is 11.1 Å². The molecule has 0 saturated carbocycles. The quantitative estimate of drug-likeness (QED) is 0.632. The Morgan fingerprint density at radius 3 is 2.54 bits per heavy atom. The van der Waals surface area contributed by atoms with Gasteiger partial charge in [-0.1, -0.05) is 0 Å². The minimum atomic E-state index is -0.398. The molecule has 0 amide bonds. The highest BCUT2D eigenvalue weighted by Gasteiger charge is 2.22. The summed E-state index contributed by atoms with van der Waals surface area (Å²) in [6, 6.07) is 0.277. The molecule has 0 spiro atoms. The van der Waals surface area contributed by atoms with Gasteiger partial charge in [-0.15, -0.1) is 0 Å². The van der Waals surface area contributed by atoms with E-state index in [1.54, 1.807) is 11.6 Å². The number of carbonyl (C=O) groups is 2. The summed E-state index contributed by atoms with van der Waals surface area (Å²) in [6.07, 6.45) is 3.46. The van der Waals surface area contributed by atoms with E-state index < -0.39 is 5.97 Å². The van der Waals surface area contributed by atoms with Crippen LogP contribution in [-0.2, 0) is 14.3 Å². The zero-order valence-electron chi connectivity index (χ0n) is 14.9. The highest BCUT2D eigenvalue weighted by molar-refractivity contribution is 5.94. The molecular weight excluding hydrogens is 312 g/mol. The molecule has 24 heavy (non-hydrogen) atoms. The maximum absolute atomic E-state index is 11.6. The first-order chi connectivity index (χ1) is 11.3. The SMILES string of the molecule is CC(C)(C)OC=O.CCOC(=O)c1cnn(C2CCNCC2)c1N. The average Bonchev–Trinajstić information content (AvgIpc) is 2.89. The topological polar surface area (TPSA) is 108 Å². The molecule has 0 aromatic carbocycles. The van der Waals surface area contributed by atoms with Crippen molar-refractivity contribution in [1.29, 1.82) is 0 Å². The third kappa shape index (κ3) is 6.19. The molecule has 0 bridgehead atoms. The lowest BCUT2D eigenvalue weighted by Gasteiger charge is -2.23. The third-order valence-corrected chi connectivity index (χ3v) is 3.39. The van der Waals surface area contributed by atoms with Gasteiger partial charge in [0.25, 0.3) is 6.47 Å². The Bertz CT molecular complexity index is 531. The first kappa shape index (κ1) is 20.0. The van der Waals surface area contributed by atoms with Crippen LogP contribution in [0.1, 0.15) is 56.9 Å². The fourth-order valence-corrected chi connectivity index (χ4v) is 2.22. The van der Waals surface area contributed by atoms with Crippen LogP contribution in [0.4, 0.5) is 5.82 Å². The van der Waals surface area contributed by atoms with Crippen molar-refractivity contribution in [2.75, 3.05) is 25.4 Å². The molecule has 3 N–H and O–H groups in total. The van der Waals surface area contributed by atoms with Crippen LogP contribution in [0.15, 0.2) is 6.20 Å². The fraction of sp³-hybridized carbons (Fsp3) is 0.688. The van der Waals surface area contributed by atoms with E-state index in [1.807, 2.05) is 20.8 Å². The number of aromatic nitrogens is 2. The molecule has 1 fully saturated rings. The fourth-order valence-electron chi connectivity index (χ4n) is 2.22. The highest BCUT2D eigenvalue weighted by atomic mass is 16.5. The number of hydrogen-bond acceptors (Lipinski definition) is 7. The van der Waals surface area contributed by atoms with Crippen LogP contribution in [0.5, 0.6) is 0 Å². The standard InChI is InChI=1S/C11H18N4O2.C5H10O2/c1-2-17-11(16)9-7-14-15(10(9)12)8-3-5-13-6-4-8;1-5(2,3)7-4-6/h7-8,13H,2-6,12H2,1H3;4H,1-3H3. The number of nitrogens with two attached hydrogens (primary N) is 1. The number of nitrogen functional groups attached to an aromatic ring is 1. The van der Waals surface area contributed by atoms with Gasteiger partial charge in [-0.25, -0.2) is 9.48 Å². The maximum atomic E-state index is 11.6. The van der Waals surface area contributed by atoms with E-state index in [1.165, 1.54) is 6.20 Å². The highest BCUT2D eigenvalue weighted by Crippen LogP contribution is 2.23. The summed E-state index contributed by atoms with van der Waals surface area (Å²) >= 11 is 0. The Labute approximate surface area is 142 Å². The number of esters is 1. The smallest absolute Gasteiger partial charge is 0.343 e. The molecule has 1 aromatic rings. The Kier molecular flexibility index (Phi) is 7.70. The van der Waals surface area contributed by atoms with Crippen molar-refractivity contribution in [2.45, 2.75) is 52.2 Å². The van der Waals surface area contributed by atoms with Gasteiger partial charge in [-0.2, -0.15) is 5.10 Å². The van der Waals surface area contributed by atoms with Crippen molar-refractivity contribution in [2.24, 2.45) is 0 Å². The lowest BCUT2D eigenvalue weighted by Crippen LogP contribution is -2.30. The molecule has 0 aliphatic carbocycles. The van der Waals surface area contributed by atoms with Crippen LogP contribution in [-0.4, -0.2) is 47.5 Å². The molecule has 1 aliphatic rings. The number of carbonyl (C=O) groups excluding carboxylic acids is 2. The van der Waals surface area contributed by atoms with Gasteiger partial charge in [0.15, 0.2) is 0 Å². The van der Waals surface area contributed by atoms with Gasteiger partial charge in [0, 0.05) is 0 Å². The largest absolute Gasteiger partial charge is 0.462 e. The lowest BCUT2D eigenvalue weighted by atomic mass is 10.1. The molecule has 136 valence electrons. The second-order valence-electron chi connectivity index (χ2n) is 6.42. The van der Waals surface area contributed by atoms with Crippen molar-refractivity contribution >= 4 is 18.3 Å². The summed E-state index contributed by atoms with van der Waals surface area (Å²) in [4.78, 5) is 21.2. The Morgan fingerprint density at radius 2 is 2.08 bits per heavy atom. The van der Waals surface area contributed by atoms with Crippen molar-refractivity contribution in [3.05, 3.63) is 11.8 Å². The van der Waals surface area contributed by atoms with Gasteiger partial charge in [0.05, 0.1) is 18.8 Å². The van der Waals surface area contributed by atoms with Crippen molar-refractivity contribution in [3.8, 4) is 0 Å². The monoisotopic (exact) mass is 340 g/mol. The molecular formula is C16H28N4O4. The molecule has 1 aromatic heterocycles. The molecule has 8 nitrogen and oxygen atoms in total. The Balaban J connectivity index is 0.000000351. The molecule has 0 unspecified atom stereocenters. The first-order valence-corrected chi connectivity index (χ1v) is 8.12. The molecule has 2 rings (SSSR count). The van der Waals surface area contributed by atoms with Crippen molar-refractivity contribution < 1.29 is 19.1 Å². The predicted octanol–water partition coefficient (Wildman–Crippen LogP) is 1.52. The van der Waals surface area contributed by atoms with Gasteiger partial charge < -0.3 is 20.5 Å². The van der Waals surface area contributed by atoms with Crippen LogP contribution in [0.25, 0.3) is 0 Å². The van der Waals surface area contributed by atoms with Crippen molar-refractivity contribution in [1.82, 2.24) is 15.1 Å². The van der Waals surface area contributed by atoms with Gasteiger partial charge in [-0.05, 0) is 53.6 Å². The number of piperidine rings is 1.